The number of rotatable bonds is 2. The van der Waals surface area contributed by atoms with Gasteiger partial charge in [0.05, 0.1) is 6.67 Å². The predicted molar refractivity (Wildman–Crippen MR) is 102 cm³/mol. The van der Waals surface area contributed by atoms with Crippen LogP contribution < -0.4 is 5.73 Å². The molecule has 0 heterocycles. The largest absolute Gasteiger partial charge is 0.412 e. The van der Waals surface area contributed by atoms with Crippen LogP contribution in [0.3, 0.4) is 0 Å². The quantitative estimate of drug-likeness (QED) is 0.794. The zero-order valence-electron chi connectivity index (χ0n) is 13.8. The maximum Gasteiger partial charge on any atom is 0.0866 e. The van der Waals surface area contributed by atoms with E-state index in [1.54, 1.807) is 0 Å². The third-order valence-corrected chi connectivity index (χ3v) is 3.36. The maximum atomic E-state index is 10.3. The minimum Gasteiger partial charge on any atom is -0.412 e. The molecule has 0 aliphatic heterocycles. The average molecular weight is 323 g/mol. The Morgan fingerprint density at radius 1 is 0.957 bits per heavy atom. The average Bonchev–Trinajstić information content (AvgIpc) is 3.30. The van der Waals surface area contributed by atoms with Crippen molar-refractivity contribution >= 4 is 0 Å². The summed E-state index contributed by atoms with van der Waals surface area (Å²) in [5.74, 6) is 0. The summed E-state index contributed by atoms with van der Waals surface area (Å²) in [7, 11) is 0. The molecule has 1 aliphatic rings. The lowest BCUT2D eigenvalue weighted by molar-refractivity contribution is 0.527. The van der Waals surface area contributed by atoms with Crippen LogP contribution in [0.5, 0.6) is 0 Å². The van der Waals surface area contributed by atoms with E-state index in [1.807, 2.05) is 19.9 Å². The van der Waals surface area contributed by atoms with Crippen LogP contribution in [0, 0.1) is 0 Å². The Kier molecular flexibility index (Phi) is 12.1. The number of benzene rings is 2. The Hall–Kier alpha value is -1.71. The van der Waals surface area contributed by atoms with Crippen LogP contribution in [-0.4, -0.2) is 12.2 Å². The van der Waals surface area contributed by atoms with Crippen molar-refractivity contribution in [3.05, 3.63) is 60.2 Å². The van der Waals surface area contributed by atoms with E-state index in [2.05, 4.69) is 48.5 Å². The number of nitrogens with two attached hydrogens (primary N) is 1. The number of hydrogen-bond acceptors (Lipinski definition) is 1. The minimum absolute atomic E-state index is 0. The predicted octanol–water partition coefficient (Wildman–Crippen LogP) is 5.36. The SMILES string of the molecule is C.CC.CCF.NC1(c2ccc(-c3ccccc3)cc2)CC1.O.[HH]. The van der Waals surface area contributed by atoms with Crippen LogP contribution in [0.15, 0.2) is 54.6 Å². The molecule has 1 fully saturated rings. The lowest BCUT2D eigenvalue weighted by Gasteiger charge is -2.09. The smallest absolute Gasteiger partial charge is 0.0866 e. The Bertz CT molecular complexity index is 513. The lowest BCUT2D eigenvalue weighted by Crippen LogP contribution is -2.18. The zero-order chi connectivity index (χ0) is 15.7. The van der Waals surface area contributed by atoms with E-state index < -0.39 is 0 Å². The number of hydrogen-bond donors (Lipinski definition) is 1. The fourth-order valence-electron chi connectivity index (χ4n) is 2.05. The molecule has 23 heavy (non-hydrogen) atoms. The van der Waals surface area contributed by atoms with Gasteiger partial charge in [0.2, 0.25) is 0 Å². The van der Waals surface area contributed by atoms with E-state index in [9.17, 15) is 4.39 Å². The van der Waals surface area contributed by atoms with Gasteiger partial charge < -0.3 is 11.2 Å². The highest BCUT2D eigenvalue weighted by molar-refractivity contribution is 5.63. The van der Waals surface area contributed by atoms with E-state index in [4.69, 9.17) is 5.73 Å². The van der Waals surface area contributed by atoms with Gasteiger partial charge in [0, 0.05) is 6.97 Å². The summed E-state index contributed by atoms with van der Waals surface area (Å²) in [6, 6.07) is 19.1. The number of halogens is 1. The van der Waals surface area contributed by atoms with Crippen LogP contribution in [0.25, 0.3) is 11.1 Å². The summed E-state index contributed by atoms with van der Waals surface area (Å²) in [4.78, 5) is 0. The highest BCUT2D eigenvalue weighted by atomic mass is 19.1. The molecule has 0 bridgehead atoms. The fraction of sp³-hybridized carbons (Fsp3) is 0.400. The number of alkyl halides is 1. The van der Waals surface area contributed by atoms with Gasteiger partial charge in [-0.3, -0.25) is 4.39 Å². The molecule has 0 amide bonds. The molecule has 0 unspecified atom stereocenters. The molecule has 0 spiro atoms. The van der Waals surface area contributed by atoms with Crippen molar-refractivity contribution < 1.29 is 11.3 Å². The van der Waals surface area contributed by atoms with Crippen molar-refractivity contribution in [2.24, 2.45) is 5.73 Å². The van der Waals surface area contributed by atoms with Crippen molar-refractivity contribution in [2.45, 2.75) is 46.6 Å². The van der Waals surface area contributed by atoms with Gasteiger partial charge in [0.25, 0.3) is 0 Å². The normalized spacial score (nSPS) is 12.9. The second kappa shape index (κ2) is 11.8. The third kappa shape index (κ3) is 6.93. The van der Waals surface area contributed by atoms with Crippen LogP contribution >= 0.6 is 0 Å². The first-order chi connectivity index (χ1) is 10.2. The lowest BCUT2D eigenvalue weighted by atomic mass is 10.0. The summed E-state index contributed by atoms with van der Waals surface area (Å²) in [6.45, 7) is 5.21. The summed E-state index contributed by atoms with van der Waals surface area (Å²) < 4.78 is 10.3. The molecule has 0 saturated heterocycles. The molecule has 2 nitrogen and oxygen atoms in total. The molecule has 132 valence electrons. The van der Waals surface area contributed by atoms with Crippen LogP contribution in [0.2, 0.25) is 0 Å². The Balaban J connectivity index is -0.000000502. The van der Waals surface area contributed by atoms with E-state index in [0.717, 1.165) is 12.8 Å². The van der Waals surface area contributed by atoms with Gasteiger partial charge in [0.15, 0.2) is 0 Å². The van der Waals surface area contributed by atoms with Crippen LogP contribution in [-0.2, 0) is 5.54 Å². The Labute approximate surface area is 142 Å². The Morgan fingerprint density at radius 2 is 1.35 bits per heavy atom. The topological polar surface area (TPSA) is 57.5 Å². The zero-order valence-corrected chi connectivity index (χ0v) is 13.8. The summed E-state index contributed by atoms with van der Waals surface area (Å²) in [5.41, 5.74) is 9.93. The highest BCUT2D eigenvalue weighted by Gasteiger charge is 2.39. The molecule has 2 aromatic carbocycles. The first kappa shape index (κ1) is 23.6. The van der Waals surface area contributed by atoms with Gasteiger partial charge in [-0.05, 0) is 36.5 Å². The van der Waals surface area contributed by atoms with E-state index >= 15 is 0 Å². The van der Waals surface area contributed by atoms with Crippen molar-refractivity contribution in [1.82, 2.24) is 0 Å². The monoisotopic (exact) mass is 323 g/mol. The van der Waals surface area contributed by atoms with Crippen LogP contribution in [0.1, 0.15) is 48.0 Å². The molecular formula is C20H34FNO. The molecule has 2 aromatic rings. The maximum absolute atomic E-state index is 10.3. The highest BCUT2D eigenvalue weighted by Crippen LogP contribution is 2.42. The summed E-state index contributed by atoms with van der Waals surface area (Å²) >= 11 is 0. The van der Waals surface area contributed by atoms with Gasteiger partial charge in [-0.2, -0.15) is 0 Å². The second-order valence-corrected chi connectivity index (χ2v) is 4.87. The van der Waals surface area contributed by atoms with Crippen molar-refractivity contribution in [3.8, 4) is 11.1 Å². The first-order valence-electron chi connectivity index (χ1n) is 7.70. The first-order valence-corrected chi connectivity index (χ1v) is 7.70. The van der Waals surface area contributed by atoms with Crippen molar-refractivity contribution in [2.75, 3.05) is 6.67 Å². The molecule has 3 heteroatoms. The fourth-order valence-corrected chi connectivity index (χ4v) is 2.05. The molecule has 3 rings (SSSR count). The van der Waals surface area contributed by atoms with Gasteiger partial charge >= 0.3 is 0 Å². The molecule has 4 N–H and O–H groups in total. The van der Waals surface area contributed by atoms with Crippen molar-refractivity contribution in [1.29, 1.82) is 0 Å². The molecule has 1 saturated carbocycles. The standard InChI is InChI=1S/C15H15N.C2H5F.C2H6.CH4.H2O.H2/c16-15(10-11-15)14-8-6-13(7-9-14)12-4-2-1-3-5-12;1-2-3;1-2;;;/h1-9H,10-11,16H2;2H2,1H3;1-2H3;1H4;1H2;1H. The minimum atomic E-state index is -0.250. The Morgan fingerprint density at radius 3 is 1.74 bits per heavy atom. The van der Waals surface area contributed by atoms with Crippen LogP contribution in [0.4, 0.5) is 4.39 Å². The van der Waals surface area contributed by atoms with E-state index in [0.29, 0.717) is 0 Å². The molecule has 0 radical (unpaired) electrons. The van der Waals surface area contributed by atoms with E-state index in [-0.39, 0.29) is 26.5 Å². The van der Waals surface area contributed by atoms with Gasteiger partial charge in [0.1, 0.15) is 0 Å². The van der Waals surface area contributed by atoms with Gasteiger partial charge in [-0.1, -0.05) is 75.9 Å². The van der Waals surface area contributed by atoms with Gasteiger partial charge in [-0.25, -0.2) is 0 Å². The molecule has 1 aliphatic carbocycles. The molecular weight excluding hydrogens is 289 g/mol. The van der Waals surface area contributed by atoms with E-state index in [1.165, 1.54) is 23.6 Å². The van der Waals surface area contributed by atoms with Crippen molar-refractivity contribution in [3.63, 3.8) is 0 Å². The summed E-state index contributed by atoms with van der Waals surface area (Å²) in [6.07, 6.45) is 2.25. The second-order valence-electron chi connectivity index (χ2n) is 4.87. The third-order valence-electron chi connectivity index (χ3n) is 3.36. The molecule has 0 aromatic heterocycles. The molecule has 0 atom stereocenters. The van der Waals surface area contributed by atoms with Gasteiger partial charge in [-0.15, -0.1) is 0 Å². The summed E-state index contributed by atoms with van der Waals surface area (Å²) in [5, 5.41) is 0.